The molecule has 1 aromatic carbocycles. The molecule has 0 saturated carbocycles. The molecule has 1 aliphatic rings. The zero-order valence-electron chi connectivity index (χ0n) is 8.53. The van der Waals surface area contributed by atoms with E-state index in [2.05, 4.69) is 16.3 Å². The van der Waals surface area contributed by atoms with Gasteiger partial charge >= 0.3 is 0 Å². The molecule has 1 amide bonds. The summed E-state index contributed by atoms with van der Waals surface area (Å²) in [6.07, 6.45) is 0.618. The average Bonchev–Trinajstić information content (AvgIpc) is 2.78. The van der Waals surface area contributed by atoms with Crippen molar-refractivity contribution < 1.29 is 4.79 Å². The van der Waals surface area contributed by atoms with E-state index in [-0.39, 0.29) is 18.0 Å². The molecule has 0 aliphatic carbocycles. The van der Waals surface area contributed by atoms with Gasteiger partial charge in [-0.1, -0.05) is 29.8 Å². The minimum atomic E-state index is -0.328. The van der Waals surface area contributed by atoms with E-state index in [0.717, 1.165) is 5.56 Å². The third kappa shape index (κ3) is 2.17. The van der Waals surface area contributed by atoms with Gasteiger partial charge in [-0.15, -0.1) is 0 Å². The number of hydrazine groups is 2. The molecule has 6 heteroatoms. The Morgan fingerprint density at radius 1 is 1.44 bits per heavy atom. The van der Waals surface area contributed by atoms with Crippen LogP contribution in [0.15, 0.2) is 24.3 Å². The highest BCUT2D eigenvalue weighted by atomic mass is 35.5. The van der Waals surface area contributed by atoms with Gasteiger partial charge < -0.3 is 0 Å². The first-order chi connectivity index (χ1) is 7.72. The number of carbonyl (C=O) groups excluding carboxylic acids is 1. The Balaban J connectivity index is 2.09. The normalized spacial score (nSPS) is 24.4. The van der Waals surface area contributed by atoms with Crippen LogP contribution in [0.1, 0.15) is 18.0 Å². The summed E-state index contributed by atoms with van der Waals surface area (Å²) in [6, 6.07) is 7.25. The maximum absolute atomic E-state index is 11.3. The molecule has 1 fully saturated rings. The summed E-state index contributed by atoms with van der Waals surface area (Å²) < 4.78 is 0. The summed E-state index contributed by atoms with van der Waals surface area (Å²) in [5.74, 6) is 4.84. The number of nitrogens with one attached hydrogen (secondary N) is 3. The number of hydrogen-bond donors (Lipinski definition) is 4. The van der Waals surface area contributed by atoms with Crippen molar-refractivity contribution in [2.75, 3.05) is 0 Å². The largest absolute Gasteiger partial charge is 0.293 e. The summed E-state index contributed by atoms with van der Waals surface area (Å²) >= 11 is 6.07. The zero-order valence-corrected chi connectivity index (χ0v) is 9.29. The van der Waals surface area contributed by atoms with Gasteiger partial charge in [-0.3, -0.25) is 10.2 Å². The van der Waals surface area contributed by atoms with Crippen LogP contribution in [0.4, 0.5) is 0 Å². The molecule has 5 nitrogen and oxygen atoms in total. The second-order valence-electron chi connectivity index (χ2n) is 3.66. The molecular weight excluding hydrogens is 228 g/mol. The lowest BCUT2D eigenvalue weighted by molar-refractivity contribution is -0.122. The van der Waals surface area contributed by atoms with Gasteiger partial charge in [-0.2, -0.15) is 0 Å². The van der Waals surface area contributed by atoms with Gasteiger partial charge in [-0.05, 0) is 18.1 Å². The first-order valence-corrected chi connectivity index (χ1v) is 5.36. The van der Waals surface area contributed by atoms with Crippen LogP contribution in [0.2, 0.25) is 5.02 Å². The van der Waals surface area contributed by atoms with Gasteiger partial charge in [0.15, 0.2) is 0 Å². The van der Waals surface area contributed by atoms with E-state index in [1.54, 1.807) is 0 Å². The second kappa shape index (κ2) is 4.80. The van der Waals surface area contributed by atoms with E-state index in [1.165, 1.54) is 0 Å². The molecule has 1 aliphatic heterocycles. The summed E-state index contributed by atoms with van der Waals surface area (Å²) in [6.45, 7) is 0. The molecule has 0 aromatic heterocycles. The fourth-order valence-electron chi connectivity index (χ4n) is 1.79. The lowest BCUT2D eigenvalue weighted by atomic mass is 10.0. The third-order valence-corrected chi connectivity index (χ3v) is 2.99. The first-order valence-electron chi connectivity index (χ1n) is 4.98. The standard InChI is InChI=1S/C10H13ClN4O/c11-7-4-2-1-3-6(7)8-5-9(15-14-8)10(16)13-12/h1-4,8-9,14-15H,5,12H2,(H,13,16). The van der Waals surface area contributed by atoms with Gasteiger partial charge in [0.1, 0.15) is 6.04 Å². The summed E-state index contributed by atoms with van der Waals surface area (Å²) in [5, 5.41) is 0.690. The van der Waals surface area contributed by atoms with Gasteiger partial charge in [-0.25, -0.2) is 16.7 Å². The zero-order chi connectivity index (χ0) is 11.5. The fraction of sp³-hybridized carbons (Fsp3) is 0.300. The number of halogens is 1. The van der Waals surface area contributed by atoms with Crippen molar-refractivity contribution in [1.82, 2.24) is 16.3 Å². The molecular formula is C10H13ClN4O. The predicted octanol–water partition coefficient (Wildman–Crippen LogP) is 0.237. The van der Waals surface area contributed by atoms with Gasteiger partial charge in [0.05, 0.1) is 0 Å². The number of hydrogen-bond acceptors (Lipinski definition) is 4. The van der Waals surface area contributed by atoms with Crippen LogP contribution in [0.3, 0.4) is 0 Å². The lowest BCUT2D eigenvalue weighted by Crippen LogP contribution is -2.45. The number of carbonyl (C=O) groups is 1. The van der Waals surface area contributed by atoms with Crippen LogP contribution in [0, 0.1) is 0 Å². The maximum Gasteiger partial charge on any atom is 0.252 e. The summed E-state index contributed by atoms with van der Waals surface area (Å²) in [5.41, 5.74) is 9.01. The molecule has 1 aromatic rings. The molecule has 2 unspecified atom stereocenters. The Morgan fingerprint density at radius 2 is 2.19 bits per heavy atom. The number of rotatable bonds is 2. The van der Waals surface area contributed by atoms with Gasteiger partial charge in [0, 0.05) is 11.1 Å². The highest BCUT2D eigenvalue weighted by molar-refractivity contribution is 6.31. The molecule has 0 bridgehead atoms. The molecule has 1 saturated heterocycles. The Kier molecular flexibility index (Phi) is 3.40. The summed E-state index contributed by atoms with van der Waals surface area (Å²) in [4.78, 5) is 11.3. The quantitative estimate of drug-likeness (QED) is 0.339. The van der Waals surface area contributed by atoms with E-state index in [4.69, 9.17) is 17.4 Å². The smallest absolute Gasteiger partial charge is 0.252 e. The van der Waals surface area contributed by atoms with E-state index in [0.29, 0.717) is 11.4 Å². The Labute approximate surface area is 98.3 Å². The van der Waals surface area contributed by atoms with E-state index in [9.17, 15) is 4.79 Å². The Hall–Kier alpha value is -1.14. The number of amides is 1. The van der Waals surface area contributed by atoms with Crippen LogP contribution >= 0.6 is 11.6 Å². The van der Waals surface area contributed by atoms with Crippen LogP contribution < -0.4 is 22.1 Å². The molecule has 2 atom stereocenters. The van der Waals surface area contributed by atoms with Crippen LogP contribution in [-0.4, -0.2) is 11.9 Å². The van der Waals surface area contributed by atoms with Crippen molar-refractivity contribution in [1.29, 1.82) is 0 Å². The van der Waals surface area contributed by atoms with E-state index in [1.807, 2.05) is 24.3 Å². The van der Waals surface area contributed by atoms with Crippen molar-refractivity contribution >= 4 is 17.5 Å². The number of benzene rings is 1. The molecule has 5 N–H and O–H groups in total. The van der Waals surface area contributed by atoms with Crippen molar-refractivity contribution in [3.05, 3.63) is 34.9 Å². The van der Waals surface area contributed by atoms with Crippen molar-refractivity contribution in [2.45, 2.75) is 18.5 Å². The Bertz CT molecular complexity index is 398. The third-order valence-electron chi connectivity index (χ3n) is 2.64. The minimum Gasteiger partial charge on any atom is -0.293 e. The Morgan fingerprint density at radius 3 is 2.88 bits per heavy atom. The van der Waals surface area contributed by atoms with Crippen LogP contribution in [0.25, 0.3) is 0 Å². The highest BCUT2D eigenvalue weighted by Gasteiger charge is 2.30. The first kappa shape index (κ1) is 11.3. The molecule has 0 spiro atoms. The van der Waals surface area contributed by atoms with Crippen LogP contribution in [0.5, 0.6) is 0 Å². The van der Waals surface area contributed by atoms with Crippen molar-refractivity contribution in [2.24, 2.45) is 5.84 Å². The number of nitrogens with two attached hydrogens (primary N) is 1. The van der Waals surface area contributed by atoms with Crippen molar-refractivity contribution in [3.63, 3.8) is 0 Å². The summed E-state index contributed by atoms with van der Waals surface area (Å²) in [7, 11) is 0. The fourth-order valence-corrected chi connectivity index (χ4v) is 2.06. The molecule has 86 valence electrons. The molecule has 2 rings (SSSR count). The monoisotopic (exact) mass is 240 g/mol. The molecule has 16 heavy (non-hydrogen) atoms. The van der Waals surface area contributed by atoms with E-state index >= 15 is 0 Å². The van der Waals surface area contributed by atoms with Gasteiger partial charge in [0.2, 0.25) is 0 Å². The van der Waals surface area contributed by atoms with Gasteiger partial charge in [0.25, 0.3) is 5.91 Å². The van der Waals surface area contributed by atoms with Crippen LogP contribution in [-0.2, 0) is 4.79 Å². The minimum absolute atomic E-state index is 0.0241. The molecule has 1 heterocycles. The maximum atomic E-state index is 11.3. The topological polar surface area (TPSA) is 79.2 Å². The predicted molar refractivity (Wildman–Crippen MR) is 61.2 cm³/mol. The van der Waals surface area contributed by atoms with Crippen molar-refractivity contribution in [3.8, 4) is 0 Å². The highest BCUT2D eigenvalue weighted by Crippen LogP contribution is 2.27. The SMILES string of the molecule is NNC(=O)C1CC(c2ccccc2Cl)NN1. The second-order valence-corrected chi connectivity index (χ2v) is 4.07. The lowest BCUT2D eigenvalue weighted by Gasteiger charge is -2.11. The van der Waals surface area contributed by atoms with E-state index < -0.39 is 0 Å². The molecule has 0 radical (unpaired) electrons. The average molecular weight is 241 g/mol.